The minimum atomic E-state index is -0.565. The predicted molar refractivity (Wildman–Crippen MR) is 71.5 cm³/mol. The number of benzene rings is 1. The molecule has 1 atom stereocenters. The van der Waals surface area contributed by atoms with Gasteiger partial charge < -0.3 is 15.4 Å². The summed E-state index contributed by atoms with van der Waals surface area (Å²) in [6.07, 6.45) is 2.53. The molecule has 0 radical (unpaired) electrons. The zero-order chi connectivity index (χ0) is 13.2. The molecule has 1 heterocycles. The Morgan fingerprint density at radius 1 is 1.44 bits per heavy atom. The number of amides is 1. The van der Waals surface area contributed by atoms with Crippen molar-refractivity contribution in [2.24, 2.45) is 0 Å². The number of hydrogen-bond donors (Lipinski definition) is 3. The first-order chi connectivity index (χ1) is 8.58. The van der Waals surface area contributed by atoms with Gasteiger partial charge in [-0.25, -0.2) is 0 Å². The molecule has 2 rings (SSSR count). The van der Waals surface area contributed by atoms with Gasteiger partial charge in [-0.2, -0.15) is 0 Å². The van der Waals surface area contributed by atoms with Gasteiger partial charge >= 0.3 is 0 Å². The summed E-state index contributed by atoms with van der Waals surface area (Å²) in [5.74, 6) is -0.156. The van der Waals surface area contributed by atoms with Crippen molar-refractivity contribution >= 4 is 16.8 Å². The van der Waals surface area contributed by atoms with Gasteiger partial charge in [0.25, 0.3) is 5.91 Å². The summed E-state index contributed by atoms with van der Waals surface area (Å²) in [7, 11) is 0. The summed E-state index contributed by atoms with van der Waals surface area (Å²) in [5.41, 5.74) is 1.05. The van der Waals surface area contributed by atoms with E-state index < -0.39 is 5.54 Å². The number of fused-ring (bicyclic) bond motifs is 1. The first-order valence-corrected chi connectivity index (χ1v) is 6.08. The second-order valence-corrected chi connectivity index (χ2v) is 4.81. The first-order valence-electron chi connectivity index (χ1n) is 6.08. The molecule has 18 heavy (non-hydrogen) atoms. The Bertz CT molecular complexity index is 556. The van der Waals surface area contributed by atoms with Gasteiger partial charge in [0.05, 0.1) is 12.1 Å². The standard InChI is InChI=1S/C14H18N2O2/c1-3-14(2,9-17)16-13(18)11-4-5-12-10(8-11)6-7-15-12/h4-8,15,17H,3,9H2,1-2H3,(H,16,18). The van der Waals surface area contributed by atoms with Crippen molar-refractivity contribution in [1.29, 1.82) is 0 Å². The van der Waals surface area contributed by atoms with E-state index in [2.05, 4.69) is 10.3 Å². The molecule has 1 aromatic carbocycles. The predicted octanol–water partition coefficient (Wildman–Crippen LogP) is 2.06. The van der Waals surface area contributed by atoms with Gasteiger partial charge in [0, 0.05) is 22.7 Å². The molecular formula is C14H18N2O2. The number of aromatic nitrogens is 1. The third-order valence-corrected chi connectivity index (χ3v) is 3.36. The SMILES string of the molecule is CCC(C)(CO)NC(=O)c1ccc2[nH]ccc2c1. The van der Waals surface area contributed by atoms with Crippen molar-refractivity contribution < 1.29 is 9.90 Å². The Labute approximate surface area is 106 Å². The number of aliphatic hydroxyl groups excluding tert-OH is 1. The summed E-state index contributed by atoms with van der Waals surface area (Å²) in [5, 5.41) is 13.2. The van der Waals surface area contributed by atoms with Crippen LogP contribution >= 0.6 is 0 Å². The fraction of sp³-hybridized carbons (Fsp3) is 0.357. The average molecular weight is 246 g/mol. The molecule has 96 valence electrons. The van der Waals surface area contributed by atoms with Crippen molar-refractivity contribution in [2.45, 2.75) is 25.8 Å². The van der Waals surface area contributed by atoms with Crippen molar-refractivity contribution in [1.82, 2.24) is 10.3 Å². The molecule has 0 bridgehead atoms. The largest absolute Gasteiger partial charge is 0.394 e. The maximum absolute atomic E-state index is 12.1. The van der Waals surface area contributed by atoms with Crippen molar-refractivity contribution in [3.05, 3.63) is 36.0 Å². The number of rotatable bonds is 4. The summed E-state index contributed by atoms with van der Waals surface area (Å²) < 4.78 is 0. The molecule has 0 aliphatic heterocycles. The Morgan fingerprint density at radius 3 is 2.89 bits per heavy atom. The monoisotopic (exact) mass is 246 g/mol. The molecule has 1 unspecified atom stereocenters. The summed E-state index contributed by atoms with van der Waals surface area (Å²) in [6.45, 7) is 3.70. The number of nitrogens with one attached hydrogen (secondary N) is 2. The zero-order valence-corrected chi connectivity index (χ0v) is 10.7. The lowest BCUT2D eigenvalue weighted by Crippen LogP contribution is -2.48. The lowest BCUT2D eigenvalue weighted by Gasteiger charge is -2.27. The molecule has 1 amide bonds. The number of carbonyl (C=O) groups excluding carboxylic acids is 1. The maximum atomic E-state index is 12.1. The van der Waals surface area contributed by atoms with Gasteiger partial charge in [-0.15, -0.1) is 0 Å². The molecule has 0 aliphatic rings. The second-order valence-electron chi connectivity index (χ2n) is 4.81. The molecule has 2 aromatic rings. The van der Waals surface area contributed by atoms with Crippen molar-refractivity contribution in [3.8, 4) is 0 Å². The lowest BCUT2D eigenvalue weighted by atomic mass is 9.99. The average Bonchev–Trinajstić information content (AvgIpc) is 2.85. The number of H-pyrrole nitrogens is 1. The van der Waals surface area contributed by atoms with Crippen LogP contribution < -0.4 is 5.32 Å². The van der Waals surface area contributed by atoms with Crippen LogP contribution in [0.1, 0.15) is 30.6 Å². The van der Waals surface area contributed by atoms with E-state index in [0.29, 0.717) is 12.0 Å². The fourth-order valence-electron chi connectivity index (χ4n) is 1.78. The second kappa shape index (κ2) is 4.82. The third kappa shape index (κ3) is 2.38. The molecule has 0 aliphatic carbocycles. The van der Waals surface area contributed by atoms with Gasteiger partial charge in [-0.1, -0.05) is 6.92 Å². The highest BCUT2D eigenvalue weighted by atomic mass is 16.3. The Hall–Kier alpha value is -1.81. The molecule has 0 fully saturated rings. The molecule has 0 saturated heterocycles. The van der Waals surface area contributed by atoms with Crippen LogP contribution in [0.2, 0.25) is 0 Å². The quantitative estimate of drug-likeness (QED) is 0.773. The molecule has 0 saturated carbocycles. The van der Waals surface area contributed by atoms with E-state index in [1.807, 2.05) is 38.2 Å². The van der Waals surface area contributed by atoms with E-state index in [1.165, 1.54) is 0 Å². The van der Waals surface area contributed by atoms with E-state index in [0.717, 1.165) is 10.9 Å². The molecule has 0 spiro atoms. The van der Waals surface area contributed by atoms with Crippen LogP contribution in [0.25, 0.3) is 10.9 Å². The Morgan fingerprint density at radius 2 is 2.22 bits per heavy atom. The first kappa shape index (κ1) is 12.6. The van der Waals surface area contributed by atoms with E-state index in [1.54, 1.807) is 6.07 Å². The minimum absolute atomic E-state index is 0.0678. The molecule has 4 nitrogen and oxygen atoms in total. The van der Waals surface area contributed by atoms with E-state index in [9.17, 15) is 9.90 Å². The van der Waals surface area contributed by atoms with Crippen LogP contribution in [0.15, 0.2) is 30.5 Å². The van der Waals surface area contributed by atoms with Crippen LogP contribution in [0, 0.1) is 0 Å². The van der Waals surface area contributed by atoms with Crippen LogP contribution in [0.4, 0.5) is 0 Å². The van der Waals surface area contributed by atoms with E-state index in [4.69, 9.17) is 0 Å². The number of hydrogen-bond acceptors (Lipinski definition) is 2. The molecule has 3 N–H and O–H groups in total. The fourth-order valence-corrected chi connectivity index (χ4v) is 1.78. The van der Waals surface area contributed by atoms with Crippen LogP contribution in [0.5, 0.6) is 0 Å². The highest BCUT2D eigenvalue weighted by molar-refractivity contribution is 5.98. The summed E-state index contributed by atoms with van der Waals surface area (Å²) in [4.78, 5) is 15.2. The van der Waals surface area contributed by atoms with Gasteiger partial charge in [0.15, 0.2) is 0 Å². The van der Waals surface area contributed by atoms with Crippen LogP contribution in [0.3, 0.4) is 0 Å². The minimum Gasteiger partial charge on any atom is -0.394 e. The highest BCUT2D eigenvalue weighted by Gasteiger charge is 2.23. The third-order valence-electron chi connectivity index (χ3n) is 3.36. The number of aliphatic hydroxyl groups is 1. The molecule has 1 aromatic heterocycles. The topological polar surface area (TPSA) is 65.1 Å². The maximum Gasteiger partial charge on any atom is 0.251 e. The van der Waals surface area contributed by atoms with E-state index in [-0.39, 0.29) is 12.5 Å². The van der Waals surface area contributed by atoms with Gasteiger partial charge in [-0.05, 0) is 37.6 Å². The summed E-state index contributed by atoms with van der Waals surface area (Å²) >= 11 is 0. The van der Waals surface area contributed by atoms with Crippen molar-refractivity contribution in [2.75, 3.05) is 6.61 Å². The number of carbonyl (C=O) groups is 1. The zero-order valence-electron chi connectivity index (χ0n) is 10.7. The van der Waals surface area contributed by atoms with Gasteiger partial charge in [-0.3, -0.25) is 4.79 Å². The van der Waals surface area contributed by atoms with Gasteiger partial charge in [0.2, 0.25) is 0 Å². The van der Waals surface area contributed by atoms with Crippen LogP contribution in [-0.2, 0) is 0 Å². The lowest BCUT2D eigenvalue weighted by molar-refractivity contribution is 0.0847. The smallest absolute Gasteiger partial charge is 0.251 e. The van der Waals surface area contributed by atoms with E-state index >= 15 is 0 Å². The Balaban J connectivity index is 2.22. The van der Waals surface area contributed by atoms with Crippen molar-refractivity contribution in [3.63, 3.8) is 0 Å². The van der Waals surface area contributed by atoms with Crippen LogP contribution in [-0.4, -0.2) is 28.1 Å². The number of aromatic amines is 1. The normalized spacial score (nSPS) is 14.4. The Kier molecular flexibility index (Phi) is 3.39. The van der Waals surface area contributed by atoms with Gasteiger partial charge in [0.1, 0.15) is 0 Å². The molecular weight excluding hydrogens is 228 g/mol. The summed E-state index contributed by atoms with van der Waals surface area (Å²) in [6, 6.07) is 7.43. The highest BCUT2D eigenvalue weighted by Crippen LogP contribution is 2.16. The molecule has 4 heteroatoms.